The molecule has 7 heteroatoms. The maximum Gasteiger partial charge on any atom is 0.410 e. The quantitative estimate of drug-likeness (QED) is 0.751. The molecule has 2 fully saturated rings. The third kappa shape index (κ3) is 4.56. The Morgan fingerprint density at radius 2 is 1.84 bits per heavy atom. The first-order valence-electron chi connectivity index (χ1n) is 10.5. The zero-order valence-electron chi connectivity index (χ0n) is 17.9. The van der Waals surface area contributed by atoms with Gasteiger partial charge in [-0.05, 0) is 68.7 Å². The third-order valence-electron chi connectivity index (χ3n) is 6.06. The van der Waals surface area contributed by atoms with Gasteiger partial charge in [0, 0.05) is 24.2 Å². The van der Waals surface area contributed by atoms with Gasteiger partial charge in [0.1, 0.15) is 23.1 Å². The molecule has 1 aliphatic heterocycles. The van der Waals surface area contributed by atoms with Gasteiger partial charge in [0.05, 0.1) is 6.04 Å². The smallest absolute Gasteiger partial charge is 0.410 e. The largest absolute Gasteiger partial charge is 0.444 e. The van der Waals surface area contributed by atoms with E-state index in [1.54, 1.807) is 37.8 Å². The summed E-state index contributed by atoms with van der Waals surface area (Å²) in [6.45, 7) is 5.93. The van der Waals surface area contributed by atoms with E-state index in [9.17, 15) is 13.6 Å². The molecule has 0 bridgehead atoms. The van der Waals surface area contributed by atoms with Gasteiger partial charge in [-0.15, -0.1) is 0 Å². The summed E-state index contributed by atoms with van der Waals surface area (Å²) in [6.07, 6.45) is 0.686. The van der Waals surface area contributed by atoms with E-state index in [4.69, 9.17) is 10.5 Å². The highest BCUT2D eigenvalue weighted by molar-refractivity contribution is 5.69. The number of halogens is 3. The van der Waals surface area contributed by atoms with Crippen molar-refractivity contribution >= 4 is 6.09 Å². The highest BCUT2D eigenvalue weighted by Crippen LogP contribution is 2.47. The molecule has 1 aliphatic carbocycles. The molecule has 0 aromatic heterocycles. The zero-order chi connectivity index (χ0) is 22.5. The maximum absolute atomic E-state index is 15.4. The van der Waals surface area contributed by atoms with E-state index in [2.05, 4.69) is 0 Å². The third-order valence-corrected chi connectivity index (χ3v) is 6.06. The lowest BCUT2D eigenvalue weighted by Gasteiger charge is -2.40. The fourth-order valence-electron chi connectivity index (χ4n) is 4.51. The van der Waals surface area contributed by atoms with Crippen molar-refractivity contribution in [2.75, 3.05) is 6.54 Å². The van der Waals surface area contributed by atoms with Crippen LogP contribution in [0.15, 0.2) is 36.4 Å². The van der Waals surface area contributed by atoms with Gasteiger partial charge in [-0.25, -0.2) is 18.0 Å². The van der Waals surface area contributed by atoms with Gasteiger partial charge >= 0.3 is 6.09 Å². The maximum atomic E-state index is 15.4. The number of rotatable bonds is 3. The second-order valence-corrected chi connectivity index (χ2v) is 9.58. The van der Waals surface area contributed by atoms with Gasteiger partial charge in [-0.1, -0.05) is 18.2 Å². The molecule has 0 spiro atoms. The standard InChI is InChI=1S/C24H27F3N2O2/c1-24(2,3)31-23(30)29-12-15-9-19(15)22(28)20(29)10-13-5-4-6-18(21(13)27)14-7-16(25)11-17(26)8-14/h4-8,11,15,19-20,22H,9-10,12,28H2,1-3H3. The fraction of sp³-hybridized carbons (Fsp3) is 0.458. The molecule has 4 unspecified atom stereocenters. The number of hydrogen-bond donors (Lipinski definition) is 1. The number of nitrogens with two attached hydrogens (primary N) is 1. The number of carbonyl (C=O) groups is 1. The molecule has 2 N–H and O–H groups in total. The van der Waals surface area contributed by atoms with Crippen molar-refractivity contribution in [3.63, 3.8) is 0 Å². The molecule has 1 heterocycles. The van der Waals surface area contributed by atoms with Crippen molar-refractivity contribution in [2.24, 2.45) is 17.6 Å². The lowest BCUT2D eigenvalue weighted by molar-refractivity contribution is 0.00548. The van der Waals surface area contributed by atoms with Crippen LogP contribution in [0.5, 0.6) is 0 Å². The summed E-state index contributed by atoms with van der Waals surface area (Å²) in [4.78, 5) is 14.5. The Labute approximate surface area is 180 Å². The number of fused-ring (bicyclic) bond motifs is 1. The SMILES string of the molecule is CC(C)(C)OC(=O)N1CC2CC2C(N)C1Cc1cccc(-c2cc(F)cc(F)c2)c1F. The summed E-state index contributed by atoms with van der Waals surface area (Å²) in [6, 6.07) is 6.97. The second kappa shape index (κ2) is 7.86. The molecule has 2 aliphatic rings. The number of nitrogens with zero attached hydrogens (tertiary/aromatic N) is 1. The fourth-order valence-corrected chi connectivity index (χ4v) is 4.51. The van der Waals surface area contributed by atoms with Crippen molar-refractivity contribution in [2.45, 2.75) is 51.3 Å². The minimum absolute atomic E-state index is 0.105. The first-order valence-corrected chi connectivity index (χ1v) is 10.5. The van der Waals surface area contributed by atoms with Gasteiger partial charge in [0.2, 0.25) is 0 Å². The van der Waals surface area contributed by atoms with Crippen molar-refractivity contribution in [1.82, 2.24) is 4.90 Å². The van der Waals surface area contributed by atoms with Crippen molar-refractivity contribution in [3.8, 4) is 11.1 Å². The molecule has 1 saturated heterocycles. The number of benzene rings is 2. The minimum atomic E-state index is -0.773. The molecule has 1 amide bonds. The monoisotopic (exact) mass is 432 g/mol. The van der Waals surface area contributed by atoms with Crippen molar-refractivity contribution < 1.29 is 22.7 Å². The summed E-state index contributed by atoms with van der Waals surface area (Å²) in [5.41, 5.74) is 6.39. The predicted octanol–water partition coefficient (Wildman–Crippen LogP) is 4.90. The van der Waals surface area contributed by atoms with Crippen LogP contribution >= 0.6 is 0 Å². The highest BCUT2D eigenvalue weighted by atomic mass is 19.1. The van der Waals surface area contributed by atoms with E-state index in [-0.39, 0.29) is 23.6 Å². The summed E-state index contributed by atoms with van der Waals surface area (Å²) in [5, 5.41) is 0. The number of piperidine rings is 1. The van der Waals surface area contributed by atoms with Crippen molar-refractivity contribution in [1.29, 1.82) is 0 Å². The Morgan fingerprint density at radius 3 is 2.48 bits per heavy atom. The molecule has 0 radical (unpaired) electrons. The Morgan fingerprint density at radius 1 is 1.16 bits per heavy atom. The average molecular weight is 432 g/mol. The number of carbonyl (C=O) groups excluding carboxylic acids is 1. The second-order valence-electron chi connectivity index (χ2n) is 9.58. The van der Waals surface area contributed by atoms with Gasteiger partial charge in [-0.2, -0.15) is 0 Å². The number of amides is 1. The Kier molecular flexibility index (Phi) is 5.50. The van der Waals surface area contributed by atoms with Crippen LogP contribution in [0.2, 0.25) is 0 Å². The van der Waals surface area contributed by atoms with Crippen LogP contribution in [0.1, 0.15) is 32.8 Å². The summed E-state index contributed by atoms with van der Waals surface area (Å²) >= 11 is 0. The van der Waals surface area contributed by atoms with Crippen LogP contribution in [0.25, 0.3) is 11.1 Å². The van der Waals surface area contributed by atoms with Crippen LogP contribution in [0.4, 0.5) is 18.0 Å². The Bertz CT molecular complexity index is 985. The molecule has 31 heavy (non-hydrogen) atoms. The summed E-state index contributed by atoms with van der Waals surface area (Å²) < 4.78 is 48.3. The Balaban J connectivity index is 1.64. The normalized spacial score (nSPS) is 25.2. The number of likely N-dealkylation sites (tertiary alicyclic amines) is 1. The van der Waals surface area contributed by atoms with Gasteiger partial charge in [-0.3, -0.25) is 0 Å². The summed E-state index contributed by atoms with van der Waals surface area (Å²) in [7, 11) is 0. The van der Waals surface area contributed by atoms with Crippen LogP contribution in [0.3, 0.4) is 0 Å². The number of hydrogen-bond acceptors (Lipinski definition) is 3. The molecule has 4 atom stereocenters. The highest BCUT2D eigenvalue weighted by Gasteiger charge is 2.53. The van der Waals surface area contributed by atoms with E-state index in [1.165, 1.54) is 6.07 Å². The first kappa shape index (κ1) is 21.7. The topological polar surface area (TPSA) is 55.6 Å². The van der Waals surface area contributed by atoms with Gasteiger partial charge < -0.3 is 15.4 Å². The predicted molar refractivity (Wildman–Crippen MR) is 112 cm³/mol. The van der Waals surface area contributed by atoms with Crippen LogP contribution in [-0.4, -0.2) is 35.2 Å². The van der Waals surface area contributed by atoms with Gasteiger partial charge in [0.15, 0.2) is 0 Å². The zero-order valence-corrected chi connectivity index (χ0v) is 17.9. The molecule has 4 rings (SSSR count). The van der Waals surface area contributed by atoms with Crippen LogP contribution in [0, 0.1) is 29.3 Å². The van der Waals surface area contributed by atoms with Gasteiger partial charge in [0.25, 0.3) is 0 Å². The van der Waals surface area contributed by atoms with Crippen molar-refractivity contribution in [3.05, 3.63) is 59.4 Å². The minimum Gasteiger partial charge on any atom is -0.444 e. The van der Waals surface area contributed by atoms with Crippen LogP contribution in [-0.2, 0) is 11.2 Å². The van der Waals surface area contributed by atoms with Crippen LogP contribution < -0.4 is 5.73 Å². The van der Waals surface area contributed by atoms with E-state index >= 15 is 4.39 Å². The average Bonchev–Trinajstić information content (AvgIpc) is 3.43. The van der Waals surface area contributed by atoms with E-state index < -0.39 is 35.2 Å². The molecular weight excluding hydrogens is 405 g/mol. The lowest BCUT2D eigenvalue weighted by atomic mass is 9.90. The first-order chi connectivity index (χ1) is 14.5. The molecule has 166 valence electrons. The van der Waals surface area contributed by atoms with E-state index in [0.717, 1.165) is 24.6 Å². The van der Waals surface area contributed by atoms with E-state index in [1.807, 2.05) is 0 Å². The Hall–Kier alpha value is -2.54. The summed E-state index contributed by atoms with van der Waals surface area (Å²) in [5.74, 6) is -1.45. The van der Waals surface area contributed by atoms with E-state index in [0.29, 0.717) is 23.9 Å². The molecule has 1 saturated carbocycles. The lowest BCUT2D eigenvalue weighted by Crippen LogP contribution is -2.57. The molecule has 2 aromatic carbocycles. The molecule has 2 aromatic rings. The number of ether oxygens (including phenoxy) is 1. The molecular formula is C24H27F3N2O2. The molecule has 4 nitrogen and oxygen atoms in total.